The molecule has 0 bridgehead atoms. The Kier molecular flexibility index (Phi) is 5.41. The maximum absolute atomic E-state index is 12.6. The SMILES string of the molecule is CC(C)N(Cc1ccccc1)C(=O)C(=O)Nc1ccc2c(c1)OCCO2. The van der Waals surface area contributed by atoms with E-state index in [0.29, 0.717) is 36.9 Å². The Balaban J connectivity index is 1.70. The Bertz CT molecular complexity index is 790. The van der Waals surface area contributed by atoms with Gasteiger partial charge in [0, 0.05) is 24.3 Å². The van der Waals surface area contributed by atoms with E-state index in [0.717, 1.165) is 5.56 Å². The number of rotatable bonds is 4. The second-order valence-electron chi connectivity index (χ2n) is 6.32. The fraction of sp³-hybridized carbons (Fsp3) is 0.300. The van der Waals surface area contributed by atoms with Gasteiger partial charge in [0.1, 0.15) is 13.2 Å². The molecule has 0 aromatic heterocycles. The molecule has 2 amide bonds. The molecule has 136 valence electrons. The minimum atomic E-state index is -0.675. The molecule has 0 spiro atoms. The Morgan fingerprint density at radius 1 is 1.04 bits per heavy atom. The average molecular weight is 354 g/mol. The van der Waals surface area contributed by atoms with E-state index in [1.807, 2.05) is 44.2 Å². The second-order valence-corrected chi connectivity index (χ2v) is 6.32. The third-order valence-electron chi connectivity index (χ3n) is 4.07. The molecule has 0 atom stereocenters. The number of carbonyl (C=O) groups excluding carboxylic acids is 2. The maximum atomic E-state index is 12.6. The van der Waals surface area contributed by atoms with E-state index in [1.54, 1.807) is 23.1 Å². The molecule has 0 aliphatic carbocycles. The van der Waals surface area contributed by atoms with Crippen molar-refractivity contribution in [3.63, 3.8) is 0 Å². The van der Waals surface area contributed by atoms with Crippen LogP contribution in [0.25, 0.3) is 0 Å². The third-order valence-corrected chi connectivity index (χ3v) is 4.07. The summed E-state index contributed by atoms with van der Waals surface area (Å²) < 4.78 is 11.0. The number of hydrogen-bond donors (Lipinski definition) is 1. The number of benzene rings is 2. The van der Waals surface area contributed by atoms with Crippen molar-refractivity contribution in [2.45, 2.75) is 26.4 Å². The first-order valence-electron chi connectivity index (χ1n) is 8.60. The zero-order valence-electron chi connectivity index (χ0n) is 14.9. The number of ether oxygens (including phenoxy) is 2. The van der Waals surface area contributed by atoms with Gasteiger partial charge in [-0.05, 0) is 31.5 Å². The van der Waals surface area contributed by atoms with E-state index in [9.17, 15) is 9.59 Å². The number of hydrogen-bond acceptors (Lipinski definition) is 4. The minimum Gasteiger partial charge on any atom is -0.486 e. The summed E-state index contributed by atoms with van der Waals surface area (Å²) in [6.45, 7) is 5.11. The Morgan fingerprint density at radius 3 is 2.42 bits per heavy atom. The quantitative estimate of drug-likeness (QED) is 0.858. The predicted octanol–water partition coefficient (Wildman–Crippen LogP) is 2.83. The fourth-order valence-corrected chi connectivity index (χ4v) is 2.71. The summed E-state index contributed by atoms with van der Waals surface area (Å²) in [6.07, 6.45) is 0. The van der Waals surface area contributed by atoms with E-state index < -0.39 is 11.8 Å². The molecule has 26 heavy (non-hydrogen) atoms. The summed E-state index contributed by atoms with van der Waals surface area (Å²) in [5.74, 6) is -0.0509. The molecule has 3 rings (SSSR count). The molecule has 0 saturated heterocycles. The van der Waals surface area contributed by atoms with Crippen molar-refractivity contribution >= 4 is 17.5 Å². The maximum Gasteiger partial charge on any atom is 0.313 e. The zero-order chi connectivity index (χ0) is 18.5. The van der Waals surface area contributed by atoms with Gasteiger partial charge in [0.25, 0.3) is 0 Å². The molecular weight excluding hydrogens is 332 g/mol. The summed E-state index contributed by atoms with van der Waals surface area (Å²) >= 11 is 0. The van der Waals surface area contributed by atoms with Crippen LogP contribution < -0.4 is 14.8 Å². The second kappa shape index (κ2) is 7.91. The van der Waals surface area contributed by atoms with Crippen molar-refractivity contribution in [2.75, 3.05) is 18.5 Å². The van der Waals surface area contributed by atoms with Gasteiger partial charge in [0.2, 0.25) is 0 Å². The highest BCUT2D eigenvalue weighted by Gasteiger charge is 2.25. The van der Waals surface area contributed by atoms with Crippen LogP contribution in [0.2, 0.25) is 0 Å². The highest BCUT2D eigenvalue weighted by molar-refractivity contribution is 6.39. The normalized spacial score (nSPS) is 12.6. The van der Waals surface area contributed by atoms with Crippen molar-refractivity contribution in [3.8, 4) is 11.5 Å². The van der Waals surface area contributed by atoms with Crippen LogP contribution in [-0.4, -0.2) is 36.0 Å². The van der Waals surface area contributed by atoms with Gasteiger partial charge in [0.15, 0.2) is 11.5 Å². The number of nitrogens with one attached hydrogen (secondary N) is 1. The van der Waals surface area contributed by atoms with Crippen LogP contribution in [0, 0.1) is 0 Å². The molecular formula is C20H22N2O4. The van der Waals surface area contributed by atoms with Crippen LogP contribution >= 0.6 is 0 Å². The smallest absolute Gasteiger partial charge is 0.313 e. The van der Waals surface area contributed by atoms with Crippen molar-refractivity contribution < 1.29 is 19.1 Å². The molecule has 0 radical (unpaired) electrons. The highest BCUT2D eigenvalue weighted by atomic mass is 16.6. The first-order chi connectivity index (χ1) is 12.5. The van der Waals surface area contributed by atoms with Crippen molar-refractivity contribution in [1.82, 2.24) is 4.90 Å². The van der Waals surface area contributed by atoms with Crippen LogP contribution in [0.15, 0.2) is 48.5 Å². The molecule has 1 N–H and O–H groups in total. The Labute approximate surface area is 152 Å². The van der Waals surface area contributed by atoms with Gasteiger partial charge in [0.05, 0.1) is 0 Å². The average Bonchev–Trinajstić information content (AvgIpc) is 2.66. The number of nitrogens with zero attached hydrogens (tertiary/aromatic N) is 1. The van der Waals surface area contributed by atoms with E-state index in [-0.39, 0.29) is 6.04 Å². The van der Waals surface area contributed by atoms with Crippen LogP contribution in [0.3, 0.4) is 0 Å². The van der Waals surface area contributed by atoms with Crippen molar-refractivity contribution in [2.24, 2.45) is 0 Å². The molecule has 2 aromatic rings. The van der Waals surface area contributed by atoms with Gasteiger partial charge in [-0.2, -0.15) is 0 Å². The van der Waals surface area contributed by atoms with Crippen LogP contribution in [0.1, 0.15) is 19.4 Å². The van der Waals surface area contributed by atoms with Gasteiger partial charge in [-0.1, -0.05) is 30.3 Å². The monoisotopic (exact) mass is 354 g/mol. The molecule has 1 heterocycles. The van der Waals surface area contributed by atoms with E-state index in [4.69, 9.17) is 9.47 Å². The number of amides is 2. The lowest BCUT2D eigenvalue weighted by Gasteiger charge is -2.26. The number of fused-ring (bicyclic) bond motifs is 1. The fourth-order valence-electron chi connectivity index (χ4n) is 2.71. The van der Waals surface area contributed by atoms with E-state index >= 15 is 0 Å². The van der Waals surface area contributed by atoms with Crippen LogP contribution in [0.5, 0.6) is 11.5 Å². The molecule has 0 saturated carbocycles. The van der Waals surface area contributed by atoms with Gasteiger partial charge in [-0.3, -0.25) is 9.59 Å². The van der Waals surface area contributed by atoms with Gasteiger partial charge in [-0.15, -0.1) is 0 Å². The molecule has 6 nitrogen and oxygen atoms in total. The lowest BCUT2D eigenvalue weighted by molar-refractivity contribution is -0.144. The Hall–Kier alpha value is -3.02. The molecule has 1 aliphatic heterocycles. The zero-order valence-corrected chi connectivity index (χ0v) is 14.9. The third kappa shape index (κ3) is 4.14. The van der Waals surface area contributed by atoms with Crippen molar-refractivity contribution in [1.29, 1.82) is 0 Å². The van der Waals surface area contributed by atoms with Gasteiger partial charge in [-0.25, -0.2) is 0 Å². The highest BCUT2D eigenvalue weighted by Crippen LogP contribution is 2.32. The first kappa shape index (κ1) is 17.8. The summed E-state index contributed by atoms with van der Waals surface area (Å²) in [7, 11) is 0. The minimum absolute atomic E-state index is 0.103. The van der Waals surface area contributed by atoms with Gasteiger partial charge < -0.3 is 19.7 Å². The van der Waals surface area contributed by atoms with Crippen molar-refractivity contribution in [3.05, 3.63) is 54.1 Å². The molecule has 6 heteroatoms. The standard InChI is InChI=1S/C20H22N2O4/c1-14(2)22(13-15-6-4-3-5-7-15)20(24)19(23)21-16-8-9-17-18(12-16)26-11-10-25-17/h3-9,12,14H,10-11,13H2,1-2H3,(H,21,23). The molecule has 2 aromatic carbocycles. The topological polar surface area (TPSA) is 67.9 Å². The molecule has 0 unspecified atom stereocenters. The first-order valence-corrected chi connectivity index (χ1v) is 8.60. The number of carbonyl (C=O) groups is 2. The Morgan fingerprint density at radius 2 is 1.73 bits per heavy atom. The summed E-state index contributed by atoms with van der Waals surface area (Å²) in [5.41, 5.74) is 1.47. The summed E-state index contributed by atoms with van der Waals surface area (Å²) in [6, 6.07) is 14.6. The lowest BCUT2D eigenvalue weighted by atomic mass is 10.2. The molecule has 1 aliphatic rings. The van der Waals surface area contributed by atoms with E-state index in [1.165, 1.54) is 0 Å². The summed E-state index contributed by atoms with van der Waals surface area (Å²) in [5, 5.41) is 2.65. The van der Waals surface area contributed by atoms with Crippen LogP contribution in [-0.2, 0) is 16.1 Å². The largest absolute Gasteiger partial charge is 0.486 e. The number of anilines is 1. The van der Waals surface area contributed by atoms with Gasteiger partial charge >= 0.3 is 11.8 Å². The lowest BCUT2D eigenvalue weighted by Crippen LogP contribution is -2.43. The summed E-state index contributed by atoms with van der Waals surface area (Å²) in [4.78, 5) is 26.6. The van der Waals surface area contributed by atoms with Crippen LogP contribution in [0.4, 0.5) is 5.69 Å². The van der Waals surface area contributed by atoms with E-state index in [2.05, 4.69) is 5.32 Å². The molecule has 0 fully saturated rings. The predicted molar refractivity (Wildman–Crippen MR) is 98.2 cm³/mol.